The number of nitrogens with one attached hydrogen (secondary N) is 1. The van der Waals surface area contributed by atoms with E-state index < -0.39 is 5.82 Å². The molecule has 0 spiro atoms. The zero-order valence-corrected chi connectivity index (χ0v) is 10.7. The third-order valence-electron chi connectivity index (χ3n) is 2.59. The average Bonchev–Trinajstić information content (AvgIpc) is 2.41. The molecule has 1 aromatic carbocycles. The number of anilines is 2. The molecule has 1 amide bonds. The van der Waals surface area contributed by atoms with Crippen LogP contribution in [0.1, 0.15) is 10.4 Å². The van der Waals surface area contributed by atoms with Crippen molar-refractivity contribution < 1.29 is 9.18 Å². The minimum absolute atomic E-state index is 0.157. The van der Waals surface area contributed by atoms with Gasteiger partial charge in [-0.25, -0.2) is 9.37 Å². The Hall–Kier alpha value is -2.43. The van der Waals surface area contributed by atoms with E-state index in [9.17, 15) is 9.18 Å². The van der Waals surface area contributed by atoms with Crippen molar-refractivity contribution in [1.82, 2.24) is 4.98 Å². The molecule has 0 aliphatic rings. The van der Waals surface area contributed by atoms with E-state index in [0.29, 0.717) is 5.56 Å². The molecule has 0 atom stereocenters. The largest absolute Gasteiger partial charge is 0.363 e. The number of amides is 1. The van der Waals surface area contributed by atoms with Crippen molar-refractivity contribution in [3.05, 3.63) is 54.0 Å². The maximum atomic E-state index is 13.4. The van der Waals surface area contributed by atoms with Crippen LogP contribution in [-0.2, 0) is 0 Å². The summed E-state index contributed by atoms with van der Waals surface area (Å²) in [6.45, 7) is 0. The van der Waals surface area contributed by atoms with Gasteiger partial charge in [0.25, 0.3) is 5.91 Å². The normalized spacial score (nSPS) is 10.1. The Kier molecular flexibility index (Phi) is 3.75. The quantitative estimate of drug-likeness (QED) is 0.921. The predicted molar refractivity (Wildman–Crippen MR) is 72.9 cm³/mol. The summed E-state index contributed by atoms with van der Waals surface area (Å²) in [7, 11) is 3.73. The molecule has 0 saturated heterocycles. The van der Waals surface area contributed by atoms with E-state index in [1.54, 1.807) is 24.3 Å². The molecule has 2 aromatic rings. The van der Waals surface area contributed by atoms with Gasteiger partial charge in [0.05, 0.1) is 11.3 Å². The number of carbonyl (C=O) groups excluding carboxylic acids is 1. The monoisotopic (exact) mass is 259 g/mol. The first-order valence-corrected chi connectivity index (χ1v) is 5.77. The van der Waals surface area contributed by atoms with Crippen LogP contribution in [0.15, 0.2) is 42.6 Å². The van der Waals surface area contributed by atoms with E-state index >= 15 is 0 Å². The summed E-state index contributed by atoms with van der Waals surface area (Å²) in [4.78, 5) is 17.9. The molecular weight excluding hydrogens is 245 g/mol. The topological polar surface area (TPSA) is 45.2 Å². The fourth-order valence-electron chi connectivity index (χ4n) is 1.54. The van der Waals surface area contributed by atoms with Gasteiger partial charge in [-0.2, -0.15) is 0 Å². The molecule has 4 nitrogen and oxygen atoms in total. The lowest BCUT2D eigenvalue weighted by molar-refractivity contribution is 0.102. The lowest BCUT2D eigenvalue weighted by Crippen LogP contribution is -2.15. The van der Waals surface area contributed by atoms with Crippen LogP contribution in [0.4, 0.5) is 15.9 Å². The lowest BCUT2D eigenvalue weighted by atomic mass is 10.2. The highest BCUT2D eigenvalue weighted by Crippen LogP contribution is 2.14. The van der Waals surface area contributed by atoms with E-state index in [2.05, 4.69) is 10.3 Å². The van der Waals surface area contributed by atoms with Gasteiger partial charge in [0.2, 0.25) is 0 Å². The van der Waals surface area contributed by atoms with Crippen molar-refractivity contribution in [3.8, 4) is 0 Å². The van der Waals surface area contributed by atoms with Crippen molar-refractivity contribution in [3.63, 3.8) is 0 Å². The van der Waals surface area contributed by atoms with Crippen LogP contribution in [-0.4, -0.2) is 25.0 Å². The molecule has 0 radical (unpaired) electrons. The lowest BCUT2D eigenvalue weighted by Gasteiger charge is -2.11. The van der Waals surface area contributed by atoms with E-state index in [0.717, 1.165) is 5.82 Å². The van der Waals surface area contributed by atoms with E-state index in [-0.39, 0.29) is 11.6 Å². The van der Waals surface area contributed by atoms with Crippen LogP contribution in [0.5, 0.6) is 0 Å². The summed E-state index contributed by atoms with van der Waals surface area (Å²) in [6, 6.07) is 9.41. The number of rotatable bonds is 3. The van der Waals surface area contributed by atoms with E-state index in [1.807, 2.05) is 19.0 Å². The van der Waals surface area contributed by atoms with Crippen LogP contribution in [0, 0.1) is 5.82 Å². The van der Waals surface area contributed by atoms with Crippen LogP contribution in [0.25, 0.3) is 0 Å². The maximum absolute atomic E-state index is 13.4. The molecule has 2 rings (SSSR count). The van der Waals surface area contributed by atoms with Crippen LogP contribution < -0.4 is 10.2 Å². The Balaban J connectivity index is 2.14. The van der Waals surface area contributed by atoms with Crippen molar-refractivity contribution in [2.75, 3.05) is 24.3 Å². The number of aromatic nitrogens is 1. The second-order valence-electron chi connectivity index (χ2n) is 4.23. The fraction of sp³-hybridized carbons (Fsp3) is 0.143. The third-order valence-corrected chi connectivity index (χ3v) is 2.59. The summed E-state index contributed by atoms with van der Waals surface area (Å²) in [6.07, 6.45) is 1.46. The summed E-state index contributed by atoms with van der Waals surface area (Å²) >= 11 is 0. The fourth-order valence-corrected chi connectivity index (χ4v) is 1.54. The highest BCUT2D eigenvalue weighted by atomic mass is 19.1. The van der Waals surface area contributed by atoms with E-state index in [1.165, 1.54) is 18.3 Å². The number of halogens is 1. The summed E-state index contributed by atoms with van der Waals surface area (Å²) < 4.78 is 13.4. The average molecular weight is 259 g/mol. The van der Waals surface area contributed by atoms with Gasteiger partial charge in [0.1, 0.15) is 11.6 Å². The Morgan fingerprint density at radius 2 is 1.95 bits per heavy atom. The van der Waals surface area contributed by atoms with Crippen LogP contribution in [0.3, 0.4) is 0 Å². The molecule has 0 aliphatic carbocycles. The maximum Gasteiger partial charge on any atom is 0.257 e. The zero-order chi connectivity index (χ0) is 13.8. The molecule has 0 fully saturated rings. The molecule has 1 heterocycles. The molecule has 1 N–H and O–H groups in total. The Labute approximate surface area is 110 Å². The SMILES string of the molecule is CN(C)c1ccc(C(=O)Nc2ccccc2F)cn1. The molecular formula is C14H14FN3O. The molecule has 0 saturated carbocycles. The van der Waals surface area contributed by atoms with Crippen LogP contribution >= 0.6 is 0 Å². The standard InChI is InChI=1S/C14H14FN3O/c1-18(2)13-8-7-10(9-16-13)14(19)17-12-6-4-3-5-11(12)15/h3-9H,1-2H3,(H,17,19). The Bertz CT molecular complexity index is 581. The van der Waals surface area contributed by atoms with Gasteiger partial charge < -0.3 is 10.2 Å². The minimum Gasteiger partial charge on any atom is -0.363 e. The first-order valence-electron chi connectivity index (χ1n) is 5.77. The molecule has 0 bridgehead atoms. The predicted octanol–water partition coefficient (Wildman–Crippen LogP) is 2.54. The summed E-state index contributed by atoms with van der Waals surface area (Å²) in [5.41, 5.74) is 0.540. The van der Waals surface area contributed by atoms with E-state index in [4.69, 9.17) is 0 Å². The van der Waals surface area contributed by atoms with Gasteiger partial charge in [-0.1, -0.05) is 12.1 Å². The second kappa shape index (κ2) is 5.48. The van der Waals surface area contributed by atoms with Gasteiger partial charge in [0.15, 0.2) is 0 Å². The molecule has 5 heteroatoms. The molecule has 19 heavy (non-hydrogen) atoms. The van der Waals surface area contributed by atoms with Crippen molar-refractivity contribution in [2.24, 2.45) is 0 Å². The van der Waals surface area contributed by atoms with Gasteiger partial charge in [-0.3, -0.25) is 4.79 Å². The first-order chi connectivity index (χ1) is 9.08. The number of nitrogens with zero attached hydrogens (tertiary/aromatic N) is 2. The highest BCUT2D eigenvalue weighted by Gasteiger charge is 2.09. The van der Waals surface area contributed by atoms with Gasteiger partial charge in [-0.05, 0) is 24.3 Å². The number of para-hydroxylation sites is 1. The molecule has 1 aromatic heterocycles. The number of pyridine rings is 1. The Morgan fingerprint density at radius 3 is 2.53 bits per heavy atom. The molecule has 0 aliphatic heterocycles. The molecule has 98 valence electrons. The van der Waals surface area contributed by atoms with Crippen molar-refractivity contribution in [2.45, 2.75) is 0 Å². The zero-order valence-electron chi connectivity index (χ0n) is 10.7. The van der Waals surface area contributed by atoms with Crippen molar-refractivity contribution in [1.29, 1.82) is 0 Å². The van der Waals surface area contributed by atoms with Gasteiger partial charge in [0, 0.05) is 20.3 Å². The van der Waals surface area contributed by atoms with Crippen molar-refractivity contribution >= 4 is 17.4 Å². The number of hydrogen-bond donors (Lipinski definition) is 1. The number of benzene rings is 1. The number of carbonyl (C=O) groups is 1. The second-order valence-corrected chi connectivity index (χ2v) is 4.23. The summed E-state index contributed by atoms with van der Waals surface area (Å²) in [5.74, 6) is -0.0981. The molecule has 0 unspecified atom stereocenters. The Morgan fingerprint density at radius 1 is 1.21 bits per heavy atom. The minimum atomic E-state index is -0.464. The van der Waals surface area contributed by atoms with Gasteiger partial charge in [-0.15, -0.1) is 0 Å². The highest BCUT2D eigenvalue weighted by molar-refractivity contribution is 6.04. The summed E-state index contributed by atoms with van der Waals surface area (Å²) in [5, 5.41) is 2.51. The smallest absolute Gasteiger partial charge is 0.257 e. The van der Waals surface area contributed by atoms with Crippen LogP contribution in [0.2, 0.25) is 0 Å². The van der Waals surface area contributed by atoms with Gasteiger partial charge >= 0.3 is 0 Å². The first kappa shape index (κ1) is 13.0. The third kappa shape index (κ3) is 3.07. The number of hydrogen-bond acceptors (Lipinski definition) is 3.